The van der Waals surface area contributed by atoms with Gasteiger partial charge in [0.25, 0.3) is 0 Å². The number of carbonyl (C=O) groups is 1. The van der Waals surface area contributed by atoms with Crippen molar-refractivity contribution in [1.82, 2.24) is 9.97 Å². The Morgan fingerprint density at radius 1 is 1.05 bits per heavy atom. The molecule has 1 heterocycles. The molecule has 0 aliphatic rings. The van der Waals surface area contributed by atoms with Crippen LogP contribution >= 0.6 is 0 Å². The van der Waals surface area contributed by atoms with Crippen LogP contribution in [0, 0.1) is 0 Å². The van der Waals surface area contributed by atoms with Gasteiger partial charge in [0, 0.05) is 5.56 Å². The molecule has 0 aliphatic heterocycles. The van der Waals surface area contributed by atoms with Crippen molar-refractivity contribution in [3.8, 4) is 11.6 Å². The van der Waals surface area contributed by atoms with Crippen molar-refractivity contribution in [3.05, 3.63) is 60.4 Å². The van der Waals surface area contributed by atoms with Gasteiger partial charge in [0.1, 0.15) is 12.1 Å². The second kappa shape index (κ2) is 6.22. The minimum Gasteiger partial charge on any atom is -0.497 e. The number of hydrogen-bond donors (Lipinski definition) is 0. The third kappa shape index (κ3) is 2.88. The minimum atomic E-state index is -0.120. The summed E-state index contributed by atoms with van der Waals surface area (Å²) >= 11 is 0. The fraction of sp³-hybridized carbons (Fsp3) is 0.118. The van der Waals surface area contributed by atoms with Gasteiger partial charge in [-0.2, -0.15) is 0 Å². The SMILES string of the molecule is COc1ccc(C(=O)COc2ncnc3ccccc23)cc1. The van der Waals surface area contributed by atoms with E-state index >= 15 is 0 Å². The average Bonchev–Trinajstić information content (AvgIpc) is 2.59. The van der Waals surface area contributed by atoms with Gasteiger partial charge >= 0.3 is 0 Å². The molecule has 0 amide bonds. The molecular formula is C17H14N2O3. The normalized spacial score (nSPS) is 10.4. The van der Waals surface area contributed by atoms with E-state index in [0.29, 0.717) is 17.2 Å². The van der Waals surface area contributed by atoms with Crippen LogP contribution in [0.25, 0.3) is 10.9 Å². The zero-order chi connectivity index (χ0) is 15.4. The zero-order valence-corrected chi connectivity index (χ0v) is 12.0. The largest absolute Gasteiger partial charge is 0.497 e. The van der Waals surface area contributed by atoms with Gasteiger partial charge in [-0.25, -0.2) is 9.97 Å². The van der Waals surface area contributed by atoms with Crippen molar-refractivity contribution in [3.63, 3.8) is 0 Å². The summed E-state index contributed by atoms with van der Waals surface area (Å²) in [6.07, 6.45) is 1.43. The molecule has 5 nitrogen and oxygen atoms in total. The van der Waals surface area contributed by atoms with Gasteiger partial charge in [0.05, 0.1) is 18.0 Å². The van der Waals surface area contributed by atoms with E-state index in [2.05, 4.69) is 9.97 Å². The molecule has 0 saturated heterocycles. The molecule has 0 bridgehead atoms. The van der Waals surface area contributed by atoms with E-state index in [4.69, 9.17) is 9.47 Å². The van der Waals surface area contributed by atoms with Crippen LogP contribution in [-0.4, -0.2) is 29.5 Å². The van der Waals surface area contributed by atoms with Gasteiger partial charge in [-0.3, -0.25) is 4.79 Å². The van der Waals surface area contributed by atoms with E-state index < -0.39 is 0 Å². The highest BCUT2D eigenvalue weighted by Crippen LogP contribution is 2.20. The topological polar surface area (TPSA) is 61.3 Å². The Bertz CT molecular complexity index is 795. The van der Waals surface area contributed by atoms with Crippen LogP contribution in [0.4, 0.5) is 0 Å². The highest BCUT2D eigenvalue weighted by molar-refractivity contribution is 5.97. The molecule has 0 N–H and O–H groups in total. The molecule has 2 aromatic carbocycles. The predicted molar refractivity (Wildman–Crippen MR) is 82.4 cm³/mol. The number of rotatable bonds is 5. The molecule has 22 heavy (non-hydrogen) atoms. The second-order valence-corrected chi connectivity index (χ2v) is 4.64. The molecule has 5 heteroatoms. The fourth-order valence-corrected chi connectivity index (χ4v) is 2.09. The lowest BCUT2D eigenvalue weighted by molar-refractivity contribution is 0.0919. The molecule has 0 aliphatic carbocycles. The highest BCUT2D eigenvalue weighted by atomic mass is 16.5. The number of carbonyl (C=O) groups excluding carboxylic acids is 1. The molecule has 0 fully saturated rings. The van der Waals surface area contributed by atoms with Gasteiger partial charge in [-0.05, 0) is 36.4 Å². The quantitative estimate of drug-likeness (QED) is 0.677. The number of ether oxygens (including phenoxy) is 2. The summed E-state index contributed by atoms with van der Waals surface area (Å²) in [5.41, 5.74) is 1.35. The Morgan fingerprint density at radius 2 is 1.82 bits per heavy atom. The van der Waals surface area contributed by atoms with Crippen LogP contribution in [0.15, 0.2) is 54.9 Å². The molecule has 0 spiro atoms. The van der Waals surface area contributed by atoms with Crippen molar-refractivity contribution in [1.29, 1.82) is 0 Å². The number of nitrogens with zero attached hydrogens (tertiary/aromatic N) is 2. The maximum Gasteiger partial charge on any atom is 0.224 e. The van der Waals surface area contributed by atoms with Crippen LogP contribution in [0.2, 0.25) is 0 Å². The summed E-state index contributed by atoms with van der Waals surface area (Å²) in [6, 6.07) is 14.4. The number of para-hydroxylation sites is 1. The summed E-state index contributed by atoms with van der Waals surface area (Å²) in [6.45, 7) is -0.0761. The van der Waals surface area contributed by atoms with Crippen LogP contribution in [0.1, 0.15) is 10.4 Å². The lowest BCUT2D eigenvalue weighted by atomic mass is 10.1. The van der Waals surface area contributed by atoms with Crippen LogP contribution < -0.4 is 9.47 Å². The van der Waals surface area contributed by atoms with E-state index in [1.54, 1.807) is 31.4 Å². The van der Waals surface area contributed by atoms with Gasteiger partial charge in [0.15, 0.2) is 12.4 Å². The van der Waals surface area contributed by atoms with Crippen LogP contribution in [0.3, 0.4) is 0 Å². The maximum atomic E-state index is 12.1. The number of fused-ring (bicyclic) bond motifs is 1. The van der Waals surface area contributed by atoms with Crippen LogP contribution in [0.5, 0.6) is 11.6 Å². The number of hydrogen-bond acceptors (Lipinski definition) is 5. The lowest BCUT2D eigenvalue weighted by Crippen LogP contribution is -2.12. The summed E-state index contributed by atoms with van der Waals surface area (Å²) in [7, 11) is 1.58. The number of ketones is 1. The average molecular weight is 294 g/mol. The number of benzene rings is 2. The van der Waals surface area contributed by atoms with Crippen molar-refractivity contribution in [2.45, 2.75) is 0 Å². The van der Waals surface area contributed by atoms with Crippen molar-refractivity contribution >= 4 is 16.7 Å². The summed E-state index contributed by atoms with van der Waals surface area (Å²) in [5, 5.41) is 0.785. The van der Waals surface area contributed by atoms with Crippen molar-refractivity contribution in [2.75, 3.05) is 13.7 Å². The third-order valence-electron chi connectivity index (χ3n) is 3.26. The third-order valence-corrected chi connectivity index (χ3v) is 3.26. The lowest BCUT2D eigenvalue weighted by Gasteiger charge is -2.07. The molecule has 0 saturated carbocycles. The van der Waals surface area contributed by atoms with Gasteiger partial charge in [-0.1, -0.05) is 12.1 Å². The second-order valence-electron chi connectivity index (χ2n) is 4.64. The maximum absolute atomic E-state index is 12.1. The molecule has 110 valence electrons. The monoisotopic (exact) mass is 294 g/mol. The summed E-state index contributed by atoms with van der Waals surface area (Å²) < 4.78 is 10.6. The molecule has 0 unspecified atom stereocenters. The number of methoxy groups -OCH3 is 1. The van der Waals surface area contributed by atoms with E-state index in [1.165, 1.54) is 6.33 Å². The fourth-order valence-electron chi connectivity index (χ4n) is 2.09. The van der Waals surface area contributed by atoms with Gasteiger partial charge in [-0.15, -0.1) is 0 Å². The Labute approximate surface area is 127 Å². The number of aromatic nitrogens is 2. The summed E-state index contributed by atoms with van der Waals surface area (Å²) in [4.78, 5) is 20.4. The molecular weight excluding hydrogens is 280 g/mol. The predicted octanol–water partition coefficient (Wildman–Crippen LogP) is 2.90. The van der Waals surface area contributed by atoms with E-state index in [0.717, 1.165) is 10.9 Å². The van der Waals surface area contributed by atoms with Gasteiger partial charge < -0.3 is 9.47 Å². The Balaban J connectivity index is 1.74. The molecule has 0 atom stereocenters. The Morgan fingerprint density at radius 3 is 2.59 bits per heavy atom. The first-order valence-corrected chi connectivity index (χ1v) is 6.78. The first kappa shape index (κ1) is 14.0. The van der Waals surface area contributed by atoms with Gasteiger partial charge in [0.2, 0.25) is 5.88 Å². The standard InChI is InChI=1S/C17H14N2O3/c1-21-13-8-6-12(7-9-13)16(20)10-22-17-14-4-2-3-5-15(14)18-11-19-17/h2-9,11H,10H2,1H3. The van der Waals surface area contributed by atoms with Crippen LogP contribution in [-0.2, 0) is 0 Å². The minimum absolute atomic E-state index is 0.0761. The Kier molecular flexibility index (Phi) is 3.96. The van der Waals surface area contributed by atoms with E-state index in [-0.39, 0.29) is 12.4 Å². The smallest absolute Gasteiger partial charge is 0.224 e. The Hall–Kier alpha value is -2.95. The first-order valence-electron chi connectivity index (χ1n) is 6.78. The highest BCUT2D eigenvalue weighted by Gasteiger charge is 2.10. The van der Waals surface area contributed by atoms with E-state index in [9.17, 15) is 4.79 Å². The molecule has 3 rings (SSSR count). The first-order chi connectivity index (χ1) is 10.8. The molecule has 3 aromatic rings. The zero-order valence-electron chi connectivity index (χ0n) is 12.0. The molecule has 0 radical (unpaired) electrons. The molecule has 1 aromatic heterocycles. The van der Waals surface area contributed by atoms with E-state index in [1.807, 2.05) is 24.3 Å². The summed E-state index contributed by atoms with van der Waals surface area (Å²) in [5.74, 6) is 0.997. The number of Topliss-reactive ketones (excluding diaryl/α,β-unsaturated/α-hetero) is 1. The van der Waals surface area contributed by atoms with Crippen molar-refractivity contribution < 1.29 is 14.3 Å². The van der Waals surface area contributed by atoms with Crippen molar-refractivity contribution in [2.24, 2.45) is 0 Å².